The first-order valence-electron chi connectivity index (χ1n) is 15.2. The quantitative estimate of drug-likeness (QED) is 0.115. The average molecular weight is 646 g/mol. The Morgan fingerprint density at radius 3 is 2.05 bits per heavy atom. The van der Waals surface area contributed by atoms with Gasteiger partial charge in [-0.2, -0.15) is 0 Å². The van der Waals surface area contributed by atoms with Crippen molar-refractivity contribution in [2.24, 2.45) is 0 Å². The maximum Gasteiger partial charge on any atom is 0.228 e. The summed E-state index contributed by atoms with van der Waals surface area (Å²) >= 11 is 1.79. The number of ketones is 1. The largest absolute Gasteiger partial charge is 0.493 e. The maximum absolute atomic E-state index is 12.7. The number of benzene rings is 2. The third kappa shape index (κ3) is 14.0. The molecule has 2 aromatic rings. The summed E-state index contributed by atoms with van der Waals surface area (Å²) in [7, 11) is 0. The van der Waals surface area contributed by atoms with Crippen LogP contribution in [-0.2, 0) is 17.8 Å². The molecule has 5 nitrogen and oxygen atoms in total. The molecule has 2 aromatic carbocycles. The van der Waals surface area contributed by atoms with E-state index in [1.54, 1.807) is 24.8 Å². The van der Waals surface area contributed by atoms with Gasteiger partial charge in [0.25, 0.3) is 0 Å². The summed E-state index contributed by atoms with van der Waals surface area (Å²) in [6, 6.07) is 13.5. The monoisotopic (exact) mass is 644 g/mol. The molecule has 0 fully saturated rings. The van der Waals surface area contributed by atoms with Gasteiger partial charge >= 0.3 is 0 Å². The second-order valence-corrected chi connectivity index (χ2v) is 11.7. The number of amides is 1. The summed E-state index contributed by atoms with van der Waals surface area (Å²) < 4.78 is 5.97. The van der Waals surface area contributed by atoms with Crippen molar-refractivity contribution < 1.29 is 14.3 Å². The van der Waals surface area contributed by atoms with Gasteiger partial charge in [0.05, 0.1) is 24.5 Å². The fraction of sp³-hybridized carbons (Fsp3) is 0.529. The van der Waals surface area contributed by atoms with Crippen LogP contribution in [0.3, 0.4) is 0 Å². The lowest BCUT2D eigenvalue weighted by atomic mass is 10.0. The van der Waals surface area contributed by atoms with Crippen molar-refractivity contribution in [3.63, 3.8) is 0 Å². The first-order valence-corrected chi connectivity index (χ1v) is 16.3. The molecule has 1 N–H and O–H groups in total. The van der Waals surface area contributed by atoms with E-state index < -0.39 is 0 Å². The van der Waals surface area contributed by atoms with Gasteiger partial charge in [0.2, 0.25) is 5.91 Å². The van der Waals surface area contributed by atoms with Crippen molar-refractivity contribution >= 4 is 46.1 Å². The molecular formula is C34H49BrN2O3S. The summed E-state index contributed by atoms with van der Waals surface area (Å²) in [6.45, 7) is 5.29. The van der Waals surface area contributed by atoms with Crippen LogP contribution in [0.25, 0.3) is 0 Å². The Morgan fingerprint density at radius 1 is 0.854 bits per heavy atom. The van der Waals surface area contributed by atoms with Gasteiger partial charge in [-0.1, -0.05) is 95.8 Å². The highest BCUT2D eigenvalue weighted by molar-refractivity contribution is 8.93. The van der Waals surface area contributed by atoms with E-state index in [0.717, 1.165) is 36.5 Å². The van der Waals surface area contributed by atoms with Crippen LogP contribution < -0.4 is 10.1 Å². The van der Waals surface area contributed by atoms with Crippen LogP contribution in [0.4, 0.5) is 5.69 Å². The molecule has 0 aromatic heterocycles. The highest BCUT2D eigenvalue weighted by atomic mass is 79.9. The highest BCUT2D eigenvalue weighted by Crippen LogP contribution is 2.23. The first-order chi connectivity index (χ1) is 19.5. The number of nitrogens with one attached hydrogen (secondary N) is 1. The van der Waals surface area contributed by atoms with E-state index in [1.165, 1.54) is 69.8 Å². The molecule has 0 unspecified atom stereocenters. The Hall–Kier alpha value is -2.25. The van der Waals surface area contributed by atoms with Gasteiger partial charge < -0.3 is 15.0 Å². The number of thioether (sulfide) groups is 1. The second-order valence-electron chi connectivity index (χ2n) is 10.9. The Labute approximate surface area is 262 Å². The van der Waals surface area contributed by atoms with E-state index in [9.17, 15) is 9.59 Å². The molecule has 1 aliphatic rings. The number of unbranched alkanes of at least 4 members (excludes halogenated alkanes) is 11. The number of hydrogen-bond donors (Lipinski definition) is 1. The van der Waals surface area contributed by atoms with Crippen LogP contribution in [0, 0.1) is 0 Å². The lowest BCUT2D eigenvalue weighted by Gasteiger charge is -2.15. The number of anilines is 1. The zero-order valence-corrected chi connectivity index (χ0v) is 27.5. The van der Waals surface area contributed by atoms with Crippen molar-refractivity contribution in [3.05, 3.63) is 70.8 Å². The fourth-order valence-electron chi connectivity index (χ4n) is 4.94. The lowest BCUT2D eigenvalue weighted by Crippen LogP contribution is -2.15. The molecule has 0 bridgehead atoms. The van der Waals surface area contributed by atoms with Gasteiger partial charge in [-0.3, -0.25) is 9.59 Å². The minimum absolute atomic E-state index is 0. The summed E-state index contributed by atoms with van der Waals surface area (Å²) in [4.78, 5) is 27.2. The first kappa shape index (κ1) is 34.9. The Bertz CT molecular complexity index is 1070. The minimum atomic E-state index is -0.105. The van der Waals surface area contributed by atoms with E-state index in [-0.39, 0.29) is 35.1 Å². The second kappa shape index (κ2) is 20.6. The number of hydrogen-bond acceptors (Lipinski definition) is 5. The topological polar surface area (TPSA) is 58.6 Å². The fourth-order valence-corrected chi connectivity index (χ4v) is 5.65. The van der Waals surface area contributed by atoms with Gasteiger partial charge in [0.15, 0.2) is 5.78 Å². The number of carbonyl (C=O) groups is 2. The van der Waals surface area contributed by atoms with Gasteiger partial charge in [-0.25, -0.2) is 0 Å². The lowest BCUT2D eigenvalue weighted by molar-refractivity contribution is -0.115. The minimum Gasteiger partial charge on any atom is -0.493 e. The van der Waals surface area contributed by atoms with E-state index >= 15 is 0 Å². The van der Waals surface area contributed by atoms with Crippen molar-refractivity contribution in [1.82, 2.24) is 4.90 Å². The third-order valence-corrected chi connectivity index (χ3v) is 8.07. The van der Waals surface area contributed by atoms with Crippen LogP contribution in [0.15, 0.2) is 54.1 Å². The number of carbonyl (C=O) groups excluding carboxylic acids is 2. The van der Waals surface area contributed by atoms with Crippen LogP contribution in [0.1, 0.15) is 112 Å². The van der Waals surface area contributed by atoms with Crippen molar-refractivity contribution in [1.29, 1.82) is 0 Å². The molecule has 1 aliphatic heterocycles. The maximum atomic E-state index is 12.7. The molecule has 0 atom stereocenters. The predicted octanol–water partition coefficient (Wildman–Crippen LogP) is 9.71. The number of rotatable bonds is 20. The SMILES string of the molecule is Br.CCCCCCCCCCCCCCOc1ccc(CC(=O)Nc2ccc(CN3C=CSC3)cc2)cc1C(C)=O. The van der Waals surface area contributed by atoms with Gasteiger partial charge in [0.1, 0.15) is 5.75 Å². The zero-order valence-electron chi connectivity index (χ0n) is 25.0. The van der Waals surface area contributed by atoms with Crippen LogP contribution in [0.5, 0.6) is 5.75 Å². The Kier molecular flexibility index (Phi) is 17.6. The van der Waals surface area contributed by atoms with E-state index in [2.05, 4.69) is 28.7 Å². The summed E-state index contributed by atoms with van der Waals surface area (Å²) in [6.07, 6.45) is 17.9. The zero-order chi connectivity index (χ0) is 28.4. The molecule has 3 rings (SSSR count). The molecule has 1 heterocycles. The molecule has 226 valence electrons. The highest BCUT2D eigenvalue weighted by Gasteiger charge is 2.13. The van der Waals surface area contributed by atoms with Crippen molar-refractivity contribution in [2.75, 3.05) is 17.8 Å². The smallest absolute Gasteiger partial charge is 0.228 e. The number of nitrogens with zero attached hydrogens (tertiary/aromatic N) is 1. The van der Waals surface area contributed by atoms with Crippen LogP contribution >= 0.6 is 28.7 Å². The Balaban J connectivity index is 0.00000588. The van der Waals surface area contributed by atoms with Crippen LogP contribution in [-0.4, -0.2) is 29.1 Å². The van der Waals surface area contributed by atoms with Gasteiger partial charge in [-0.05, 0) is 54.1 Å². The van der Waals surface area contributed by atoms with E-state index in [0.29, 0.717) is 17.9 Å². The normalized spacial score (nSPS) is 12.3. The molecule has 0 aliphatic carbocycles. The predicted molar refractivity (Wildman–Crippen MR) is 179 cm³/mol. The Morgan fingerprint density at radius 2 is 1.46 bits per heavy atom. The van der Waals surface area contributed by atoms with Crippen LogP contribution in [0.2, 0.25) is 0 Å². The molecule has 1 amide bonds. The molecule has 41 heavy (non-hydrogen) atoms. The molecule has 0 saturated carbocycles. The molecule has 0 spiro atoms. The van der Waals surface area contributed by atoms with Gasteiger partial charge in [-0.15, -0.1) is 28.7 Å². The average Bonchev–Trinajstić information content (AvgIpc) is 3.46. The summed E-state index contributed by atoms with van der Waals surface area (Å²) in [5.41, 5.74) is 3.32. The molecule has 7 heteroatoms. The van der Waals surface area contributed by atoms with Crippen molar-refractivity contribution in [3.8, 4) is 5.75 Å². The summed E-state index contributed by atoms with van der Waals surface area (Å²) in [5.74, 6) is 1.44. The number of Topliss-reactive ketones (excluding diaryl/α,β-unsaturated/α-hetero) is 1. The summed E-state index contributed by atoms with van der Waals surface area (Å²) in [5, 5.41) is 5.07. The van der Waals surface area contributed by atoms with Crippen molar-refractivity contribution in [2.45, 2.75) is 104 Å². The molecular weight excluding hydrogens is 596 g/mol. The standard InChI is InChI=1S/C34H48N2O3S.BrH/c1-3-4-5-6-7-8-9-10-11-12-13-14-22-39-33-20-17-30(24-32(33)28(2)37)25-34(38)35-31-18-15-29(16-19-31)26-36-21-23-40-27-36;/h15-21,23-24H,3-14,22,25-27H2,1-2H3,(H,35,38);1H. The third-order valence-electron chi connectivity index (χ3n) is 7.28. The van der Waals surface area contributed by atoms with Gasteiger partial charge in [0, 0.05) is 18.4 Å². The van der Waals surface area contributed by atoms with E-state index in [1.807, 2.05) is 36.4 Å². The molecule has 0 radical (unpaired) electrons. The molecule has 0 saturated heterocycles. The van der Waals surface area contributed by atoms with E-state index in [4.69, 9.17) is 4.74 Å². The number of halogens is 1. The number of ether oxygens (including phenoxy) is 1.